The monoisotopic (exact) mass is 283 g/mol. The van der Waals surface area contributed by atoms with Gasteiger partial charge in [-0.25, -0.2) is 0 Å². The number of hydrogen-bond acceptors (Lipinski definition) is 7. The van der Waals surface area contributed by atoms with Crippen LogP contribution in [0, 0.1) is 5.92 Å². The van der Waals surface area contributed by atoms with Crippen molar-refractivity contribution in [2.75, 3.05) is 14.2 Å². The topological polar surface area (TPSA) is 83.4 Å². The van der Waals surface area contributed by atoms with Gasteiger partial charge in [-0.15, -0.1) is 15.0 Å². The summed E-state index contributed by atoms with van der Waals surface area (Å²) in [6.07, 6.45) is 3.54. The minimum Gasteiger partial charge on any atom is -0.467 e. The Morgan fingerprint density at radius 2 is 1.60 bits per heavy atom. The molecule has 0 aliphatic heterocycles. The molecule has 0 saturated carbocycles. The van der Waals surface area contributed by atoms with Crippen LogP contribution in [0.2, 0.25) is 0 Å². The van der Waals surface area contributed by atoms with Gasteiger partial charge < -0.3 is 14.2 Å². The van der Waals surface area contributed by atoms with Gasteiger partial charge in [0, 0.05) is 0 Å². The first-order valence-electron chi connectivity index (χ1n) is 6.70. The number of rotatable bonds is 8. The number of methoxy groups -OCH3 is 2. The quantitative estimate of drug-likeness (QED) is 0.675. The van der Waals surface area contributed by atoms with Gasteiger partial charge in [0.2, 0.25) is 0 Å². The van der Waals surface area contributed by atoms with Gasteiger partial charge in [0.15, 0.2) is 0 Å². The minimum atomic E-state index is -0.337. The summed E-state index contributed by atoms with van der Waals surface area (Å²) in [6.45, 7) is 4.04. The van der Waals surface area contributed by atoms with Crippen LogP contribution in [-0.2, 0) is 4.79 Å². The fraction of sp³-hybridized carbons (Fsp3) is 0.692. The lowest BCUT2D eigenvalue weighted by Crippen LogP contribution is -2.21. The average Bonchev–Trinajstić information content (AvgIpc) is 2.47. The van der Waals surface area contributed by atoms with Gasteiger partial charge >= 0.3 is 24.0 Å². The summed E-state index contributed by atoms with van der Waals surface area (Å²) in [4.78, 5) is 23.6. The molecule has 1 aromatic heterocycles. The van der Waals surface area contributed by atoms with Crippen molar-refractivity contribution in [3.05, 3.63) is 0 Å². The molecule has 0 aliphatic carbocycles. The first-order valence-corrected chi connectivity index (χ1v) is 6.70. The molecule has 1 unspecified atom stereocenters. The van der Waals surface area contributed by atoms with Crippen molar-refractivity contribution in [1.82, 2.24) is 15.0 Å². The van der Waals surface area contributed by atoms with Crippen molar-refractivity contribution in [3.8, 4) is 18.0 Å². The summed E-state index contributed by atoms with van der Waals surface area (Å²) in [5, 5.41) is 0. The Balaban J connectivity index is 2.77. The summed E-state index contributed by atoms with van der Waals surface area (Å²) in [5.41, 5.74) is 0. The molecule has 20 heavy (non-hydrogen) atoms. The van der Waals surface area contributed by atoms with E-state index >= 15 is 0 Å². The highest BCUT2D eigenvalue weighted by Crippen LogP contribution is 2.18. The second-order valence-corrected chi connectivity index (χ2v) is 4.26. The number of nitrogens with zero attached hydrogens (tertiary/aromatic N) is 3. The van der Waals surface area contributed by atoms with Gasteiger partial charge in [-0.2, -0.15) is 0 Å². The Hall–Kier alpha value is -1.92. The Kier molecular flexibility index (Phi) is 6.69. The molecule has 112 valence electrons. The molecule has 0 amide bonds. The minimum absolute atomic E-state index is 0.0428. The first kappa shape index (κ1) is 16.1. The van der Waals surface area contributed by atoms with E-state index < -0.39 is 0 Å². The zero-order chi connectivity index (χ0) is 15.0. The molecule has 0 radical (unpaired) electrons. The van der Waals surface area contributed by atoms with Crippen molar-refractivity contribution in [1.29, 1.82) is 0 Å². The van der Waals surface area contributed by atoms with E-state index in [0.717, 1.165) is 25.7 Å². The van der Waals surface area contributed by atoms with Crippen molar-refractivity contribution < 1.29 is 19.0 Å². The second kappa shape index (κ2) is 8.29. The van der Waals surface area contributed by atoms with Crippen LogP contribution in [0.15, 0.2) is 0 Å². The lowest BCUT2D eigenvalue weighted by molar-refractivity contribution is -0.139. The van der Waals surface area contributed by atoms with Crippen molar-refractivity contribution >= 4 is 5.97 Å². The Labute approximate surface area is 118 Å². The predicted molar refractivity (Wildman–Crippen MR) is 71.9 cm³/mol. The lowest BCUT2D eigenvalue weighted by atomic mass is 10.00. The van der Waals surface area contributed by atoms with Crippen LogP contribution in [0.5, 0.6) is 18.0 Å². The summed E-state index contributed by atoms with van der Waals surface area (Å²) in [5.74, 6) is -0.486. The van der Waals surface area contributed by atoms with Crippen LogP contribution in [0.4, 0.5) is 0 Å². The maximum atomic E-state index is 12.0. The number of carbonyl (C=O) groups excluding carboxylic acids is 1. The molecular formula is C13H21N3O4. The molecule has 0 aromatic carbocycles. The number of hydrogen-bond donors (Lipinski definition) is 0. The third-order valence-corrected chi connectivity index (χ3v) is 2.86. The Bertz CT molecular complexity index is 417. The lowest BCUT2D eigenvalue weighted by Gasteiger charge is -2.12. The molecule has 0 aliphatic rings. The highest BCUT2D eigenvalue weighted by molar-refractivity contribution is 5.74. The van der Waals surface area contributed by atoms with Crippen LogP contribution >= 0.6 is 0 Å². The number of aromatic nitrogens is 3. The highest BCUT2D eigenvalue weighted by Gasteiger charge is 2.20. The molecule has 0 spiro atoms. The van der Waals surface area contributed by atoms with E-state index in [0.29, 0.717) is 0 Å². The fourth-order valence-electron chi connectivity index (χ4n) is 1.66. The van der Waals surface area contributed by atoms with Gasteiger partial charge in [-0.3, -0.25) is 4.79 Å². The van der Waals surface area contributed by atoms with E-state index in [-0.39, 0.29) is 29.9 Å². The third-order valence-electron chi connectivity index (χ3n) is 2.86. The number of unbranched alkanes of at least 4 members (excludes halogenated alkanes) is 1. The predicted octanol–water partition coefficient (Wildman–Crippen LogP) is 2.01. The standard InChI is InChI=1S/C13H21N3O4/c1-5-7-8-9(6-2)10(17)20-13-15-11(18-3)14-12(16-13)19-4/h9H,5-8H2,1-4H3. The van der Waals surface area contributed by atoms with Crippen molar-refractivity contribution in [2.45, 2.75) is 39.5 Å². The Morgan fingerprint density at radius 3 is 2.05 bits per heavy atom. The number of esters is 1. The van der Waals surface area contributed by atoms with Gasteiger partial charge in [0.1, 0.15) is 0 Å². The summed E-state index contributed by atoms with van der Waals surface area (Å²) in [7, 11) is 2.83. The highest BCUT2D eigenvalue weighted by atomic mass is 16.6. The molecule has 1 aromatic rings. The Morgan fingerprint density at radius 1 is 1.05 bits per heavy atom. The van der Waals surface area contributed by atoms with Crippen LogP contribution < -0.4 is 14.2 Å². The fourth-order valence-corrected chi connectivity index (χ4v) is 1.66. The molecule has 1 atom stereocenters. The van der Waals surface area contributed by atoms with Gasteiger partial charge in [0.25, 0.3) is 0 Å². The molecule has 7 heteroatoms. The largest absolute Gasteiger partial charge is 0.467 e. The maximum Gasteiger partial charge on any atom is 0.333 e. The van der Waals surface area contributed by atoms with E-state index in [1.807, 2.05) is 6.92 Å². The van der Waals surface area contributed by atoms with Crippen LogP contribution in [0.3, 0.4) is 0 Å². The molecule has 0 N–H and O–H groups in total. The molecule has 1 rings (SSSR count). The number of carbonyl (C=O) groups is 1. The third kappa shape index (κ3) is 4.64. The normalized spacial score (nSPS) is 11.8. The molecular weight excluding hydrogens is 262 g/mol. The molecule has 0 saturated heterocycles. The summed E-state index contributed by atoms with van der Waals surface area (Å²) < 4.78 is 15.0. The second-order valence-electron chi connectivity index (χ2n) is 4.26. The van der Waals surface area contributed by atoms with E-state index in [4.69, 9.17) is 14.2 Å². The summed E-state index contributed by atoms with van der Waals surface area (Å²) in [6, 6.07) is -0.0174. The molecule has 1 heterocycles. The molecule has 0 fully saturated rings. The number of ether oxygens (including phenoxy) is 3. The zero-order valence-electron chi connectivity index (χ0n) is 12.4. The van der Waals surface area contributed by atoms with Crippen LogP contribution in [-0.4, -0.2) is 35.1 Å². The SMILES string of the molecule is CCCCC(CC)C(=O)Oc1nc(OC)nc(OC)n1. The van der Waals surface area contributed by atoms with Crippen molar-refractivity contribution in [3.63, 3.8) is 0 Å². The van der Waals surface area contributed by atoms with Crippen LogP contribution in [0.25, 0.3) is 0 Å². The maximum absolute atomic E-state index is 12.0. The van der Waals surface area contributed by atoms with E-state index in [9.17, 15) is 4.79 Å². The van der Waals surface area contributed by atoms with Crippen molar-refractivity contribution in [2.24, 2.45) is 5.92 Å². The van der Waals surface area contributed by atoms with Gasteiger partial charge in [-0.05, 0) is 12.8 Å². The first-order chi connectivity index (χ1) is 9.64. The summed E-state index contributed by atoms with van der Waals surface area (Å²) >= 11 is 0. The average molecular weight is 283 g/mol. The van der Waals surface area contributed by atoms with E-state index in [1.54, 1.807) is 0 Å². The van der Waals surface area contributed by atoms with Crippen LogP contribution in [0.1, 0.15) is 39.5 Å². The van der Waals surface area contributed by atoms with E-state index in [1.165, 1.54) is 14.2 Å². The van der Waals surface area contributed by atoms with Gasteiger partial charge in [-0.1, -0.05) is 26.7 Å². The van der Waals surface area contributed by atoms with E-state index in [2.05, 4.69) is 21.9 Å². The zero-order valence-corrected chi connectivity index (χ0v) is 12.4. The van der Waals surface area contributed by atoms with Gasteiger partial charge in [0.05, 0.1) is 20.1 Å². The smallest absolute Gasteiger partial charge is 0.333 e. The molecule has 0 bridgehead atoms. The molecule has 7 nitrogen and oxygen atoms in total.